The first-order valence-electron chi connectivity index (χ1n) is 3.59. The molecule has 1 rings (SSSR count). The Morgan fingerprint density at radius 3 is 3.15 bits per heavy atom. The van der Waals surface area contributed by atoms with E-state index in [9.17, 15) is 0 Å². The summed E-state index contributed by atoms with van der Waals surface area (Å²) in [6.07, 6.45) is 5.01. The minimum Gasteiger partial charge on any atom is -0.382 e. The second-order valence-electron chi connectivity index (χ2n) is 2.25. The first-order valence-corrected chi connectivity index (χ1v) is 5.26. The Kier molecular flexibility index (Phi) is 4.00. The fraction of sp³-hybridized carbons (Fsp3) is 0.222. The highest BCUT2D eigenvalue weighted by molar-refractivity contribution is 9.10. The van der Waals surface area contributed by atoms with Crippen molar-refractivity contribution in [1.82, 2.24) is 0 Å². The summed E-state index contributed by atoms with van der Waals surface area (Å²) < 4.78 is 1.03. The zero-order valence-corrected chi connectivity index (χ0v) is 9.48. The highest BCUT2D eigenvalue weighted by Gasteiger charge is 2.04. The molecule has 0 fully saturated rings. The molecular formula is C9H8BrNOS. The van der Waals surface area contributed by atoms with Gasteiger partial charge >= 0.3 is 0 Å². The van der Waals surface area contributed by atoms with Crippen molar-refractivity contribution >= 4 is 33.0 Å². The van der Waals surface area contributed by atoms with Crippen molar-refractivity contribution < 1.29 is 4.84 Å². The molecule has 0 unspecified atom stereocenters. The van der Waals surface area contributed by atoms with Crippen LogP contribution in [0.2, 0.25) is 0 Å². The molecule has 0 amide bonds. The standard InChI is InChI=1S/C9H8BrNOS/c1-3-5-12-11-7(2)9-8(10)4-6-13-9/h1,4,6H,5H2,2H3/b11-7-. The van der Waals surface area contributed by atoms with Crippen LogP contribution in [-0.2, 0) is 4.84 Å². The lowest BCUT2D eigenvalue weighted by Crippen LogP contribution is -1.94. The van der Waals surface area contributed by atoms with Crippen LogP contribution < -0.4 is 0 Å². The van der Waals surface area contributed by atoms with Gasteiger partial charge in [-0.1, -0.05) is 11.1 Å². The predicted octanol–water partition coefficient (Wildman–Crippen LogP) is 2.88. The van der Waals surface area contributed by atoms with Crippen molar-refractivity contribution in [1.29, 1.82) is 0 Å². The van der Waals surface area contributed by atoms with Gasteiger partial charge in [0.1, 0.15) is 0 Å². The van der Waals surface area contributed by atoms with E-state index in [1.165, 1.54) is 0 Å². The van der Waals surface area contributed by atoms with Crippen LogP contribution in [-0.4, -0.2) is 12.3 Å². The van der Waals surface area contributed by atoms with Crippen molar-refractivity contribution in [2.45, 2.75) is 6.92 Å². The average molecular weight is 258 g/mol. The van der Waals surface area contributed by atoms with Crippen LogP contribution in [0.15, 0.2) is 21.1 Å². The van der Waals surface area contributed by atoms with Crippen LogP contribution in [0, 0.1) is 12.3 Å². The molecule has 4 heteroatoms. The zero-order chi connectivity index (χ0) is 9.68. The highest BCUT2D eigenvalue weighted by Crippen LogP contribution is 2.23. The molecule has 0 aliphatic heterocycles. The Labute approximate surface area is 89.7 Å². The quantitative estimate of drug-likeness (QED) is 0.353. The number of halogens is 1. The van der Waals surface area contributed by atoms with Gasteiger partial charge in [0.05, 0.1) is 10.6 Å². The third-order valence-electron chi connectivity index (χ3n) is 1.30. The summed E-state index contributed by atoms with van der Waals surface area (Å²) in [7, 11) is 0. The lowest BCUT2D eigenvalue weighted by Gasteiger charge is -1.97. The second-order valence-corrected chi connectivity index (χ2v) is 4.02. The summed E-state index contributed by atoms with van der Waals surface area (Å²) in [6.45, 7) is 2.09. The number of hydrogen-bond acceptors (Lipinski definition) is 3. The normalized spacial score (nSPS) is 11.0. The lowest BCUT2D eigenvalue weighted by atomic mass is 10.3. The monoisotopic (exact) mass is 257 g/mol. The number of oxime groups is 1. The molecule has 1 aromatic rings. The zero-order valence-electron chi connectivity index (χ0n) is 7.08. The number of terminal acetylenes is 1. The van der Waals surface area contributed by atoms with Crippen molar-refractivity contribution in [3.63, 3.8) is 0 Å². The van der Waals surface area contributed by atoms with E-state index in [2.05, 4.69) is 27.0 Å². The smallest absolute Gasteiger partial charge is 0.177 e. The van der Waals surface area contributed by atoms with Gasteiger partial charge in [-0.15, -0.1) is 17.8 Å². The molecule has 0 aromatic carbocycles. The third-order valence-corrected chi connectivity index (χ3v) is 3.24. The fourth-order valence-corrected chi connectivity index (χ4v) is 2.36. The molecule has 68 valence electrons. The number of thiophene rings is 1. The Bertz CT molecular complexity index is 351. The minimum atomic E-state index is 0.209. The van der Waals surface area contributed by atoms with Crippen LogP contribution in [0.5, 0.6) is 0 Å². The van der Waals surface area contributed by atoms with Gasteiger partial charge in [0, 0.05) is 4.47 Å². The van der Waals surface area contributed by atoms with Gasteiger partial charge in [-0.2, -0.15) is 0 Å². The number of hydrogen-bond donors (Lipinski definition) is 0. The van der Waals surface area contributed by atoms with Gasteiger partial charge in [0.2, 0.25) is 0 Å². The van der Waals surface area contributed by atoms with E-state index < -0.39 is 0 Å². The highest BCUT2D eigenvalue weighted by atomic mass is 79.9. The summed E-state index contributed by atoms with van der Waals surface area (Å²) in [6, 6.07) is 1.97. The number of nitrogens with zero attached hydrogens (tertiary/aromatic N) is 1. The average Bonchev–Trinajstić information content (AvgIpc) is 2.52. The van der Waals surface area contributed by atoms with Gasteiger partial charge in [-0.25, -0.2) is 0 Å². The molecule has 1 heterocycles. The van der Waals surface area contributed by atoms with Crippen LogP contribution in [0.3, 0.4) is 0 Å². The van der Waals surface area contributed by atoms with Crippen molar-refractivity contribution in [2.75, 3.05) is 6.61 Å². The van der Waals surface area contributed by atoms with Crippen LogP contribution in [0.4, 0.5) is 0 Å². The van der Waals surface area contributed by atoms with Gasteiger partial charge < -0.3 is 4.84 Å². The first-order chi connectivity index (χ1) is 6.25. The fourth-order valence-electron chi connectivity index (χ4n) is 0.760. The summed E-state index contributed by atoms with van der Waals surface area (Å²) in [5.41, 5.74) is 0.831. The van der Waals surface area contributed by atoms with E-state index in [1.54, 1.807) is 11.3 Å². The maximum atomic E-state index is 5.01. The van der Waals surface area contributed by atoms with E-state index >= 15 is 0 Å². The predicted molar refractivity (Wildman–Crippen MR) is 59.0 cm³/mol. The molecule has 0 radical (unpaired) electrons. The third kappa shape index (κ3) is 2.87. The number of rotatable bonds is 3. The van der Waals surface area contributed by atoms with Gasteiger partial charge in [-0.3, -0.25) is 0 Å². The molecule has 0 N–H and O–H groups in total. The van der Waals surface area contributed by atoms with E-state index in [-0.39, 0.29) is 6.61 Å². The second kappa shape index (κ2) is 5.05. The van der Waals surface area contributed by atoms with Crippen LogP contribution in [0.25, 0.3) is 0 Å². The van der Waals surface area contributed by atoms with Gasteiger partial charge in [0.15, 0.2) is 6.61 Å². The molecule has 0 aliphatic carbocycles. The Morgan fingerprint density at radius 1 is 1.85 bits per heavy atom. The molecule has 1 aromatic heterocycles. The minimum absolute atomic E-state index is 0.209. The molecular weight excluding hydrogens is 250 g/mol. The van der Waals surface area contributed by atoms with Crippen molar-refractivity contribution in [3.8, 4) is 12.3 Å². The van der Waals surface area contributed by atoms with Crippen LogP contribution >= 0.6 is 27.3 Å². The van der Waals surface area contributed by atoms with E-state index in [0.29, 0.717) is 0 Å². The molecule has 0 bridgehead atoms. The SMILES string of the molecule is C#CCO/N=C(/C)c1sccc1Br. The lowest BCUT2D eigenvalue weighted by molar-refractivity contribution is 0.180. The van der Waals surface area contributed by atoms with Crippen molar-refractivity contribution in [3.05, 3.63) is 20.8 Å². The molecule has 0 spiro atoms. The Balaban J connectivity index is 2.68. The van der Waals surface area contributed by atoms with Gasteiger partial charge in [0.25, 0.3) is 0 Å². The molecule has 2 nitrogen and oxygen atoms in total. The van der Waals surface area contributed by atoms with E-state index in [0.717, 1.165) is 15.1 Å². The Morgan fingerprint density at radius 2 is 2.62 bits per heavy atom. The van der Waals surface area contributed by atoms with E-state index in [4.69, 9.17) is 11.3 Å². The summed E-state index contributed by atoms with van der Waals surface area (Å²) >= 11 is 5.02. The largest absolute Gasteiger partial charge is 0.382 e. The Hall–Kier alpha value is -0.790. The molecule has 0 saturated carbocycles. The summed E-state index contributed by atoms with van der Waals surface area (Å²) in [5, 5.41) is 5.86. The first kappa shape index (κ1) is 10.3. The topological polar surface area (TPSA) is 21.6 Å². The maximum absolute atomic E-state index is 5.01. The van der Waals surface area contributed by atoms with Crippen molar-refractivity contribution in [2.24, 2.45) is 5.16 Å². The van der Waals surface area contributed by atoms with E-state index in [1.807, 2.05) is 18.4 Å². The maximum Gasteiger partial charge on any atom is 0.177 e. The molecule has 0 saturated heterocycles. The van der Waals surface area contributed by atoms with Gasteiger partial charge in [-0.05, 0) is 34.3 Å². The molecule has 0 atom stereocenters. The molecule has 13 heavy (non-hydrogen) atoms. The summed E-state index contributed by atoms with van der Waals surface area (Å²) in [5.74, 6) is 2.35. The van der Waals surface area contributed by atoms with Crippen LogP contribution in [0.1, 0.15) is 11.8 Å². The molecule has 0 aliphatic rings. The summed E-state index contributed by atoms with van der Waals surface area (Å²) in [4.78, 5) is 5.93.